The van der Waals surface area contributed by atoms with Gasteiger partial charge in [0.2, 0.25) is 0 Å². The predicted molar refractivity (Wildman–Crippen MR) is 69.6 cm³/mol. The van der Waals surface area contributed by atoms with Gasteiger partial charge in [0, 0.05) is 18.3 Å². The summed E-state index contributed by atoms with van der Waals surface area (Å²) in [5, 5.41) is 24.2. The van der Waals surface area contributed by atoms with Crippen LogP contribution in [0.4, 0.5) is 0 Å². The van der Waals surface area contributed by atoms with E-state index in [1.807, 2.05) is 0 Å². The standard InChI is InChI=1S/3C3H8O.3ClH.Cr/c3*1-3(2)4;;;;/h3*3-4H,1-2H3;3*1H;/q;;;;;;+3/p-3. The average molecular weight is 339 g/mol. The molecule has 16 heavy (non-hydrogen) atoms. The van der Waals surface area contributed by atoms with Gasteiger partial charge < -0.3 is 15.3 Å². The summed E-state index contributed by atoms with van der Waals surface area (Å²) >= 11 is -1.62. The molecule has 0 aliphatic carbocycles. The fraction of sp³-hybridized carbons (Fsp3) is 1.00. The normalized spacial score (nSPS) is 9.00. The zero-order chi connectivity index (χ0) is 14.3. The topological polar surface area (TPSA) is 60.7 Å². The number of aliphatic hydroxyl groups excluding tert-OH is 3. The fourth-order valence-electron chi connectivity index (χ4n) is 0. The van der Waals surface area contributed by atoms with Gasteiger partial charge in [-0.15, -0.1) is 0 Å². The molecule has 0 unspecified atom stereocenters. The van der Waals surface area contributed by atoms with E-state index in [0.29, 0.717) is 0 Å². The van der Waals surface area contributed by atoms with E-state index in [4.69, 9.17) is 45.5 Å². The van der Waals surface area contributed by atoms with Crippen molar-refractivity contribution < 1.29 is 26.7 Å². The average Bonchev–Trinajstić information content (AvgIpc) is 1.76. The maximum atomic E-state index is 8.06. The molecule has 0 rings (SSSR count). The minimum absolute atomic E-state index is 0.167. The molecule has 0 atom stereocenters. The summed E-state index contributed by atoms with van der Waals surface area (Å²) < 4.78 is 0. The van der Waals surface area contributed by atoms with Crippen molar-refractivity contribution in [3.8, 4) is 0 Å². The number of hydrogen-bond donors (Lipinski definition) is 3. The van der Waals surface area contributed by atoms with E-state index < -0.39 is 11.4 Å². The molecule has 0 aromatic heterocycles. The van der Waals surface area contributed by atoms with Crippen LogP contribution in [0.2, 0.25) is 0 Å². The second-order valence-electron chi connectivity index (χ2n) is 3.46. The van der Waals surface area contributed by atoms with Crippen molar-refractivity contribution in [1.82, 2.24) is 0 Å². The van der Waals surface area contributed by atoms with Crippen LogP contribution in [0.5, 0.6) is 0 Å². The van der Waals surface area contributed by atoms with Crippen molar-refractivity contribution in [2.24, 2.45) is 0 Å². The van der Waals surface area contributed by atoms with Crippen LogP contribution in [0.25, 0.3) is 0 Å². The van der Waals surface area contributed by atoms with Gasteiger partial charge in [-0.2, -0.15) is 0 Å². The molecule has 3 nitrogen and oxygen atoms in total. The number of halogens is 3. The molecule has 0 saturated carbocycles. The van der Waals surface area contributed by atoms with Crippen LogP contribution in [0, 0.1) is 0 Å². The molecule has 0 spiro atoms. The molecule has 0 amide bonds. The van der Waals surface area contributed by atoms with Crippen molar-refractivity contribution in [3.63, 3.8) is 0 Å². The van der Waals surface area contributed by atoms with E-state index in [1.54, 1.807) is 41.5 Å². The Morgan fingerprint density at radius 3 is 0.625 bits per heavy atom. The second-order valence-corrected chi connectivity index (χ2v) is 9.77. The van der Waals surface area contributed by atoms with Gasteiger partial charge in [0.05, 0.1) is 0 Å². The van der Waals surface area contributed by atoms with E-state index in [2.05, 4.69) is 0 Å². The molecule has 0 heterocycles. The third kappa shape index (κ3) is 1900. The van der Waals surface area contributed by atoms with Crippen LogP contribution in [0.3, 0.4) is 0 Å². The van der Waals surface area contributed by atoms with Crippen molar-refractivity contribution in [3.05, 3.63) is 0 Å². The van der Waals surface area contributed by atoms with Gasteiger partial charge in [-0.05, 0) is 41.5 Å². The Kier molecular flexibility index (Phi) is 35.0. The molecule has 0 radical (unpaired) electrons. The maximum absolute atomic E-state index is 8.06. The summed E-state index contributed by atoms with van der Waals surface area (Å²) in [5.74, 6) is 0. The zero-order valence-corrected chi connectivity index (χ0v) is 14.2. The van der Waals surface area contributed by atoms with Crippen molar-refractivity contribution >= 4 is 30.1 Å². The molecule has 3 N–H and O–H groups in total. The van der Waals surface area contributed by atoms with Crippen LogP contribution in [0.15, 0.2) is 0 Å². The quantitative estimate of drug-likeness (QED) is 0.635. The van der Waals surface area contributed by atoms with Crippen molar-refractivity contribution in [2.75, 3.05) is 0 Å². The molecule has 0 bridgehead atoms. The first-order valence-electron chi connectivity index (χ1n) is 4.70. The Labute approximate surface area is 116 Å². The fourth-order valence-corrected chi connectivity index (χ4v) is 0. The van der Waals surface area contributed by atoms with E-state index >= 15 is 0 Å². The number of aliphatic hydroxyl groups is 3. The summed E-state index contributed by atoms with van der Waals surface area (Å²) in [6, 6.07) is 0. The van der Waals surface area contributed by atoms with E-state index in [9.17, 15) is 0 Å². The van der Waals surface area contributed by atoms with Crippen LogP contribution in [-0.2, 0) is 11.4 Å². The molecular formula is C9H24Cl3CrO3. The van der Waals surface area contributed by atoms with Crippen LogP contribution in [-0.4, -0.2) is 33.6 Å². The summed E-state index contributed by atoms with van der Waals surface area (Å²) in [6.45, 7) is 10.3. The van der Waals surface area contributed by atoms with Gasteiger partial charge in [0.25, 0.3) is 0 Å². The van der Waals surface area contributed by atoms with Gasteiger partial charge in [0.1, 0.15) is 0 Å². The molecule has 7 heteroatoms. The Morgan fingerprint density at radius 2 is 0.625 bits per heavy atom. The summed E-state index contributed by atoms with van der Waals surface area (Å²) in [5.41, 5.74) is 0. The molecule has 0 aliphatic rings. The van der Waals surface area contributed by atoms with Crippen LogP contribution in [0.1, 0.15) is 41.5 Å². The molecule has 0 aliphatic heterocycles. The molecular weight excluding hydrogens is 314 g/mol. The number of rotatable bonds is 0. The van der Waals surface area contributed by atoms with Gasteiger partial charge >= 0.3 is 41.5 Å². The van der Waals surface area contributed by atoms with Crippen molar-refractivity contribution in [2.45, 2.75) is 59.9 Å². The molecule has 0 aromatic rings. The molecule has 0 saturated heterocycles. The summed E-state index contributed by atoms with van der Waals surface area (Å²) in [7, 11) is 14.8. The van der Waals surface area contributed by atoms with Gasteiger partial charge in [-0.25, -0.2) is 0 Å². The van der Waals surface area contributed by atoms with E-state index in [1.165, 1.54) is 0 Å². The molecule has 0 aromatic carbocycles. The third-order valence-electron chi connectivity index (χ3n) is 0. The molecule has 105 valence electrons. The Bertz CT molecular complexity index is 69.0. The van der Waals surface area contributed by atoms with Gasteiger partial charge in [-0.1, -0.05) is 0 Å². The Morgan fingerprint density at radius 1 is 0.625 bits per heavy atom. The summed E-state index contributed by atoms with van der Waals surface area (Å²) in [6.07, 6.45) is -0.500. The first-order chi connectivity index (χ1) is 6.93. The first-order valence-corrected chi connectivity index (χ1v) is 9.96. The van der Waals surface area contributed by atoms with Crippen LogP contribution < -0.4 is 0 Å². The first kappa shape index (κ1) is 26.0. The monoisotopic (exact) mass is 337 g/mol. The van der Waals surface area contributed by atoms with E-state index in [-0.39, 0.29) is 18.3 Å². The third-order valence-corrected chi connectivity index (χ3v) is 0. The van der Waals surface area contributed by atoms with Crippen LogP contribution >= 0.6 is 30.1 Å². The zero-order valence-electron chi connectivity index (χ0n) is 10.6. The number of hydrogen-bond acceptors (Lipinski definition) is 3. The Balaban J connectivity index is -0.0000000600. The van der Waals surface area contributed by atoms with Gasteiger partial charge in [0.15, 0.2) is 0 Å². The van der Waals surface area contributed by atoms with Crippen molar-refractivity contribution in [1.29, 1.82) is 0 Å². The second kappa shape index (κ2) is 21.6. The molecule has 0 fully saturated rings. The minimum atomic E-state index is -1.62. The summed E-state index contributed by atoms with van der Waals surface area (Å²) in [4.78, 5) is 0. The SMILES string of the molecule is CC(C)O.CC(C)O.CC(C)O.[Cl][Cr]([Cl])[Cl]. The predicted octanol–water partition coefficient (Wildman–Crippen LogP) is 3.23. The Hall–Kier alpha value is 1.28. The van der Waals surface area contributed by atoms with E-state index in [0.717, 1.165) is 0 Å². The van der Waals surface area contributed by atoms with Gasteiger partial charge in [-0.3, -0.25) is 0 Å².